The van der Waals surface area contributed by atoms with Crippen molar-refractivity contribution in [3.8, 4) is 0 Å². The van der Waals surface area contributed by atoms with Crippen LogP contribution in [-0.4, -0.2) is 5.78 Å². The van der Waals surface area contributed by atoms with E-state index in [0.717, 1.165) is 5.56 Å². The highest BCUT2D eigenvalue weighted by Crippen LogP contribution is 2.04. The Balaban J connectivity index is 2.17. The van der Waals surface area contributed by atoms with Crippen molar-refractivity contribution in [3.05, 3.63) is 65.9 Å². The summed E-state index contributed by atoms with van der Waals surface area (Å²) < 4.78 is 1.70. The molecule has 90 valence electrons. The van der Waals surface area contributed by atoms with E-state index in [0.29, 0.717) is 11.4 Å². The second-order valence-corrected chi connectivity index (χ2v) is 4.08. The number of aromatic nitrogens is 1. The van der Waals surface area contributed by atoms with Crippen LogP contribution in [0.2, 0.25) is 0 Å². The van der Waals surface area contributed by atoms with Crippen LogP contribution in [0.5, 0.6) is 0 Å². The average molecular weight is 239 g/mol. The van der Waals surface area contributed by atoms with Crippen LogP contribution in [-0.2, 0) is 0 Å². The predicted octanol–water partition coefficient (Wildman–Crippen LogP) is 2.22. The van der Waals surface area contributed by atoms with Gasteiger partial charge in [-0.2, -0.15) is 0 Å². The first-order valence-corrected chi connectivity index (χ1v) is 5.71. The SMILES string of the molecule is Cc1ccc(C(=O)C=C[n+]2ccccc2N)cc1. The van der Waals surface area contributed by atoms with Gasteiger partial charge in [0, 0.05) is 17.7 Å². The molecule has 0 spiro atoms. The van der Waals surface area contributed by atoms with Gasteiger partial charge in [-0.25, -0.2) is 4.57 Å². The first-order valence-electron chi connectivity index (χ1n) is 5.71. The molecule has 1 aromatic heterocycles. The number of nitrogens with zero attached hydrogens (tertiary/aromatic N) is 1. The average Bonchev–Trinajstić information content (AvgIpc) is 2.38. The van der Waals surface area contributed by atoms with E-state index in [1.54, 1.807) is 23.0 Å². The molecule has 1 aromatic carbocycles. The third-order valence-electron chi connectivity index (χ3n) is 2.65. The molecule has 0 bridgehead atoms. The molecule has 18 heavy (non-hydrogen) atoms. The van der Waals surface area contributed by atoms with Crippen molar-refractivity contribution in [1.82, 2.24) is 0 Å². The molecule has 3 heteroatoms. The fraction of sp³-hybridized carbons (Fsp3) is 0.0667. The van der Waals surface area contributed by atoms with E-state index in [1.807, 2.05) is 43.3 Å². The Morgan fingerprint density at radius 2 is 1.89 bits per heavy atom. The summed E-state index contributed by atoms with van der Waals surface area (Å²) in [6.07, 6.45) is 4.98. The van der Waals surface area contributed by atoms with Crippen molar-refractivity contribution in [2.45, 2.75) is 6.92 Å². The molecule has 0 fully saturated rings. The summed E-state index contributed by atoms with van der Waals surface area (Å²) in [5.41, 5.74) is 7.58. The molecule has 0 saturated heterocycles. The maximum Gasteiger partial charge on any atom is 0.276 e. The Morgan fingerprint density at radius 3 is 2.56 bits per heavy atom. The van der Waals surface area contributed by atoms with Gasteiger partial charge in [0.05, 0.1) is 12.4 Å². The molecule has 0 aliphatic heterocycles. The molecule has 2 rings (SSSR count). The van der Waals surface area contributed by atoms with Gasteiger partial charge in [-0.3, -0.25) is 10.5 Å². The van der Waals surface area contributed by atoms with E-state index >= 15 is 0 Å². The summed E-state index contributed by atoms with van der Waals surface area (Å²) in [5.74, 6) is 0.552. The van der Waals surface area contributed by atoms with E-state index in [-0.39, 0.29) is 5.78 Å². The zero-order valence-electron chi connectivity index (χ0n) is 10.2. The fourth-order valence-corrected chi connectivity index (χ4v) is 1.57. The number of hydrogen-bond donors (Lipinski definition) is 1. The normalized spacial score (nSPS) is 10.7. The van der Waals surface area contributed by atoms with E-state index in [4.69, 9.17) is 5.73 Å². The maximum atomic E-state index is 11.9. The Labute approximate surface area is 106 Å². The van der Waals surface area contributed by atoms with Crippen LogP contribution >= 0.6 is 0 Å². The zero-order chi connectivity index (χ0) is 13.0. The number of carbonyl (C=O) groups excluding carboxylic acids is 1. The van der Waals surface area contributed by atoms with Gasteiger partial charge in [0.2, 0.25) is 0 Å². The van der Waals surface area contributed by atoms with E-state index in [2.05, 4.69) is 0 Å². The highest BCUT2D eigenvalue weighted by Gasteiger charge is 2.03. The topological polar surface area (TPSA) is 47.0 Å². The smallest absolute Gasteiger partial charge is 0.276 e. The molecule has 0 unspecified atom stereocenters. The maximum absolute atomic E-state index is 11.9. The molecule has 0 saturated carbocycles. The first kappa shape index (κ1) is 12.0. The fourth-order valence-electron chi connectivity index (χ4n) is 1.57. The number of carbonyl (C=O) groups is 1. The van der Waals surface area contributed by atoms with Gasteiger partial charge in [0.1, 0.15) is 0 Å². The van der Waals surface area contributed by atoms with E-state index in [1.165, 1.54) is 6.08 Å². The molecule has 0 amide bonds. The Hall–Kier alpha value is -2.42. The van der Waals surface area contributed by atoms with Crippen LogP contribution in [0.3, 0.4) is 0 Å². The van der Waals surface area contributed by atoms with Crippen molar-refractivity contribution < 1.29 is 9.36 Å². The molecule has 0 aliphatic rings. The lowest BCUT2D eigenvalue weighted by Gasteiger charge is -1.97. The van der Waals surface area contributed by atoms with Gasteiger partial charge in [-0.05, 0) is 13.0 Å². The number of benzene rings is 1. The number of pyridine rings is 1. The second kappa shape index (κ2) is 5.27. The summed E-state index contributed by atoms with van der Waals surface area (Å²) in [7, 11) is 0. The molecule has 1 heterocycles. The largest absolute Gasteiger partial charge is 0.289 e. The minimum atomic E-state index is -0.0363. The Kier molecular flexibility index (Phi) is 3.53. The summed E-state index contributed by atoms with van der Waals surface area (Å²) in [6.45, 7) is 1.99. The van der Waals surface area contributed by atoms with Gasteiger partial charge >= 0.3 is 0 Å². The minimum Gasteiger partial charge on any atom is -0.289 e. The van der Waals surface area contributed by atoms with Crippen molar-refractivity contribution in [2.75, 3.05) is 5.73 Å². The van der Waals surface area contributed by atoms with Gasteiger partial charge in [0.15, 0.2) is 5.78 Å². The number of ketones is 1. The zero-order valence-corrected chi connectivity index (χ0v) is 10.2. The van der Waals surface area contributed by atoms with Gasteiger partial charge in [-0.1, -0.05) is 35.9 Å². The summed E-state index contributed by atoms with van der Waals surface area (Å²) >= 11 is 0. The first-order chi connectivity index (χ1) is 8.66. The molecule has 3 nitrogen and oxygen atoms in total. The van der Waals surface area contributed by atoms with Crippen LogP contribution in [0.15, 0.2) is 54.7 Å². The number of allylic oxidation sites excluding steroid dienone is 1. The molecular weight excluding hydrogens is 224 g/mol. The highest BCUT2D eigenvalue weighted by molar-refractivity contribution is 6.05. The number of rotatable bonds is 3. The lowest BCUT2D eigenvalue weighted by molar-refractivity contribution is -0.552. The van der Waals surface area contributed by atoms with Crippen LogP contribution in [0.1, 0.15) is 15.9 Å². The number of anilines is 1. The molecule has 0 atom stereocenters. The highest BCUT2D eigenvalue weighted by atomic mass is 16.1. The standard InChI is InChI=1S/C15H14N2O/c1-12-5-7-13(8-6-12)14(18)9-11-17-10-3-2-4-15(17)16/h2-11,16H,1H3/p+1. The molecular formula is C15H15N2O+. The molecule has 0 aliphatic carbocycles. The summed E-state index contributed by atoms with van der Waals surface area (Å²) in [5, 5.41) is 0. The molecule has 2 N–H and O–H groups in total. The lowest BCUT2D eigenvalue weighted by atomic mass is 10.1. The quantitative estimate of drug-likeness (QED) is 0.507. The van der Waals surface area contributed by atoms with Crippen molar-refractivity contribution in [1.29, 1.82) is 0 Å². The van der Waals surface area contributed by atoms with Gasteiger partial charge < -0.3 is 0 Å². The van der Waals surface area contributed by atoms with Gasteiger partial charge in [0.25, 0.3) is 5.82 Å². The van der Waals surface area contributed by atoms with E-state index in [9.17, 15) is 4.79 Å². The van der Waals surface area contributed by atoms with Crippen LogP contribution in [0.25, 0.3) is 6.20 Å². The third kappa shape index (κ3) is 2.83. The van der Waals surface area contributed by atoms with E-state index < -0.39 is 0 Å². The Bertz CT molecular complexity index is 586. The Morgan fingerprint density at radius 1 is 1.17 bits per heavy atom. The van der Waals surface area contributed by atoms with Crippen molar-refractivity contribution in [3.63, 3.8) is 0 Å². The van der Waals surface area contributed by atoms with Gasteiger partial charge in [-0.15, -0.1) is 0 Å². The number of nitrogens with two attached hydrogens (primary N) is 1. The van der Waals surface area contributed by atoms with Crippen molar-refractivity contribution in [2.24, 2.45) is 0 Å². The number of hydrogen-bond acceptors (Lipinski definition) is 2. The number of aryl methyl sites for hydroxylation is 1. The van der Waals surface area contributed by atoms with Crippen LogP contribution < -0.4 is 10.3 Å². The monoisotopic (exact) mass is 239 g/mol. The number of nitrogen functional groups attached to an aromatic ring is 1. The second-order valence-electron chi connectivity index (χ2n) is 4.08. The minimum absolute atomic E-state index is 0.0363. The summed E-state index contributed by atoms with van der Waals surface area (Å²) in [4.78, 5) is 11.9. The van der Waals surface area contributed by atoms with Crippen LogP contribution in [0, 0.1) is 6.92 Å². The molecule has 0 radical (unpaired) electrons. The third-order valence-corrected chi connectivity index (χ3v) is 2.65. The molecule has 2 aromatic rings. The predicted molar refractivity (Wildman–Crippen MR) is 71.9 cm³/mol. The lowest BCUT2D eigenvalue weighted by Crippen LogP contribution is -2.29. The van der Waals surface area contributed by atoms with Crippen molar-refractivity contribution >= 4 is 17.8 Å². The van der Waals surface area contributed by atoms with Crippen LogP contribution in [0.4, 0.5) is 5.82 Å². The summed E-state index contributed by atoms with van der Waals surface area (Å²) in [6, 6.07) is 13.0.